The van der Waals surface area contributed by atoms with E-state index in [9.17, 15) is 19.8 Å². The maximum absolute atomic E-state index is 12.6. The highest BCUT2D eigenvalue weighted by molar-refractivity contribution is 6.46. The molecule has 27 heavy (non-hydrogen) atoms. The minimum absolute atomic E-state index is 0.110. The molecular weight excluding hydrogens is 348 g/mol. The van der Waals surface area contributed by atoms with Crippen molar-refractivity contribution in [1.82, 2.24) is 4.90 Å². The SMILES string of the molecule is COc1cc([C@H]2C(=C(O)c3ccccc3)C(=O)C(=O)N2CC#N)ccc1O. The number of methoxy groups -OCH3 is 1. The van der Waals surface area contributed by atoms with Crippen molar-refractivity contribution in [3.05, 3.63) is 65.2 Å². The number of benzene rings is 2. The van der Waals surface area contributed by atoms with Crippen molar-refractivity contribution in [2.75, 3.05) is 13.7 Å². The number of ketones is 1. The summed E-state index contributed by atoms with van der Waals surface area (Å²) in [6.07, 6.45) is 0. The van der Waals surface area contributed by atoms with Crippen molar-refractivity contribution < 1.29 is 24.5 Å². The molecule has 1 amide bonds. The van der Waals surface area contributed by atoms with Crippen LogP contribution in [-0.4, -0.2) is 40.5 Å². The van der Waals surface area contributed by atoms with E-state index in [2.05, 4.69) is 0 Å². The van der Waals surface area contributed by atoms with E-state index in [4.69, 9.17) is 10.00 Å². The molecule has 2 N–H and O–H groups in total. The molecule has 1 fully saturated rings. The zero-order valence-corrected chi connectivity index (χ0v) is 14.4. The monoisotopic (exact) mass is 364 g/mol. The predicted molar refractivity (Wildman–Crippen MR) is 95.7 cm³/mol. The van der Waals surface area contributed by atoms with E-state index in [1.807, 2.05) is 6.07 Å². The van der Waals surface area contributed by atoms with Gasteiger partial charge in [-0.3, -0.25) is 9.59 Å². The van der Waals surface area contributed by atoms with Gasteiger partial charge in [0.1, 0.15) is 12.3 Å². The number of hydrogen-bond donors (Lipinski definition) is 2. The second kappa shape index (κ2) is 7.22. The minimum atomic E-state index is -0.973. The fourth-order valence-corrected chi connectivity index (χ4v) is 3.08. The molecule has 0 aromatic heterocycles. The molecule has 0 saturated carbocycles. The van der Waals surface area contributed by atoms with Gasteiger partial charge in [-0.05, 0) is 17.7 Å². The zero-order chi connectivity index (χ0) is 19.6. The van der Waals surface area contributed by atoms with E-state index in [-0.39, 0.29) is 29.4 Å². The number of phenolic OH excluding ortho intramolecular Hbond substituents is 1. The summed E-state index contributed by atoms with van der Waals surface area (Å²) in [5.41, 5.74) is 0.689. The standard InChI is InChI=1S/C20H16N2O5/c1-27-15-11-13(7-8-14(15)23)17-16(18(24)12-5-3-2-4-6-12)19(25)20(26)22(17)10-9-21/h2-8,11,17,23-24H,10H2,1H3/t17-/m0/s1. The number of ether oxygens (including phenoxy) is 1. The molecule has 2 aromatic carbocycles. The average Bonchev–Trinajstić information content (AvgIpc) is 2.94. The second-order valence-electron chi connectivity index (χ2n) is 5.88. The lowest BCUT2D eigenvalue weighted by Gasteiger charge is -2.23. The quantitative estimate of drug-likeness (QED) is 0.373. The normalized spacial score (nSPS) is 18.4. The van der Waals surface area contributed by atoms with Crippen molar-refractivity contribution in [2.24, 2.45) is 0 Å². The topological polar surface area (TPSA) is 111 Å². The third kappa shape index (κ3) is 3.09. The zero-order valence-electron chi connectivity index (χ0n) is 14.4. The molecule has 7 heteroatoms. The van der Waals surface area contributed by atoms with Gasteiger partial charge in [-0.25, -0.2) is 0 Å². The summed E-state index contributed by atoms with van der Waals surface area (Å²) in [6.45, 7) is -0.329. The minimum Gasteiger partial charge on any atom is -0.507 e. The van der Waals surface area contributed by atoms with Crippen LogP contribution in [0.15, 0.2) is 54.1 Å². The number of rotatable bonds is 4. The Morgan fingerprint density at radius 3 is 2.56 bits per heavy atom. The highest BCUT2D eigenvalue weighted by Gasteiger charge is 2.46. The summed E-state index contributed by atoms with van der Waals surface area (Å²) < 4.78 is 5.09. The highest BCUT2D eigenvalue weighted by atomic mass is 16.5. The lowest BCUT2D eigenvalue weighted by molar-refractivity contribution is -0.139. The lowest BCUT2D eigenvalue weighted by atomic mass is 9.95. The predicted octanol–water partition coefficient (Wildman–Crippen LogP) is 2.35. The van der Waals surface area contributed by atoms with Crippen LogP contribution < -0.4 is 4.74 Å². The number of nitrogens with zero attached hydrogens (tertiary/aromatic N) is 2. The van der Waals surface area contributed by atoms with Gasteiger partial charge in [-0.2, -0.15) is 5.26 Å². The third-order valence-electron chi connectivity index (χ3n) is 4.35. The molecule has 0 spiro atoms. The van der Waals surface area contributed by atoms with Crippen molar-refractivity contribution in [3.63, 3.8) is 0 Å². The van der Waals surface area contributed by atoms with Gasteiger partial charge in [-0.15, -0.1) is 0 Å². The van der Waals surface area contributed by atoms with E-state index in [0.717, 1.165) is 4.90 Å². The fourth-order valence-electron chi connectivity index (χ4n) is 3.08. The number of phenols is 1. The summed E-state index contributed by atoms with van der Waals surface area (Å²) in [7, 11) is 1.37. The highest BCUT2D eigenvalue weighted by Crippen LogP contribution is 2.41. The molecule has 136 valence electrons. The average molecular weight is 364 g/mol. The third-order valence-corrected chi connectivity index (χ3v) is 4.35. The maximum Gasteiger partial charge on any atom is 0.296 e. The van der Waals surface area contributed by atoms with Gasteiger partial charge in [0, 0.05) is 5.56 Å². The van der Waals surface area contributed by atoms with Crippen LogP contribution in [0.3, 0.4) is 0 Å². The van der Waals surface area contributed by atoms with Crippen LogP contribution in [0.4, 0.5) is 0 Å². The van der Waals surface area contributed by atoms with Crippen LogP contribution in [0.2, 0.25) is 0 Å². The Morgan fingerprint density at radius 1 is 1.22 bits per heavy atom. The Labute approximate surface area is 155 Å². The molecule has 2 aromatic rings. The number of likely N-dealkylation sites (tertiary alicyclic amines) is 1. The van der Waals surface area contributed by atoms with Crippen molar-refractivity contribution in [3.8, 4) is 17.6 Å². The smallest absolute Gasteiger partial charge is 0.296 e. The Kier molecular flexibility index (Phi) is 4.81. The molecule has 1 saturated heterocycles. The van der Waals surface area contributed by atoms with Crippen molar-refractivity contribution in [2.45, 2.75) is 6.04 Å². The second-order valence-corrected chi connectivity index (χ2v) is 5.88. The summed E-state index contributed by atoms with van der Waals surface area (Å²) in [4.78, 5) is 26.1. The molecule has 0 unspecified atom stereocenters. The van der Waals surface area contributed by atoms with Crippen LogP contribution in [0, 0.1) is 11.3 Å². The van der Waals surface area contributed by atoms with Gasteiger partial charge < -0.3 is 19.8 Å². The van der Waals surface area contributed by atoms with E-state index in [1.165, 1.54) is 25.3 Å². The molecule has 1 heterocycles. The van der Waals surface area contributed by atoms with E-state index < -0.39 is 17.7 Å². The number of nitriles is 1. The van der Waals surface area contributed by atoms with E-state index >= 15 is 0 Å². The first-order valence-corrected chi connectivity index (χ1v) is 8.07. The van der Waals surface area contributed by atoms with Crippen LogP contribution in [0.25, 0.3) is 5.76 Å². The number of hydrogen-bond acceptors (Lipinski definition) is 6. The molecule has 0 aliphatic carbocycles. The van der Waals surface area contributed by atoms with Gasteiger partial charge >= 0.3 is 0 Å². The summed E-state index contributed by atoms with van der Waals surface area (Å²) >= 11 is 0. The number of carbonyl (C=O) groups is 2. The number of Topliss-reactive ketones (excluding diaryl/α,β-unsaturated/α-hetero) is 1. The Bertz CT molecular complexity index is 976. The first-order valence-electron chi connectivity index (χ1n) is 8.07. The first kappa shape index (κ1) is 18.0. The molecule has 1 aliphatic heterocycles. The fraction of sp³-hybridized carbons (Fsp3) is 0.150. The van der Waals surface area contributed by atoms with Gasteiger partial charge in [0.15, 0.2) is 11.5 Å². The number of carbonyl (C=O) groups excluding carboxylic acids is 2. The number of aliphatic hydroxyl groups is 1. The van der Waals surface area contributed by atoms with Gasteiger partial charge in [0.25, 0.3) is 11.7 Å². The summed E-state index contributed by atoms with van der Waals surface area (Å²) in [6, 6.07) is 13.6. The Morgan fingerprint density at radius 2 is 1.93 bits per heavy atom. The summed E-state index contributed by atoms with van der Waals surface area (Å²) in [5.74, 6) is -2.03. The van der Waals surface area contributed by atoms with Gasteiger partial charge in [-0.1, -0.05) is 36.4 Å². The van der Waals surface area contributed by atoms with Crippen LogP contribution in [-0.2, 0) is 9.59 Å². The maximum atomic E-state index is 12.6. The molecular formula is C20H16N2O5. The molecule has 1 aliphatic rings. The lowest BCUT2D eigenvalue weighted by Crippen LogP contribution is -2.30. The molecule has 1 atom stereocenters. The molecule has 0 bridgehead atoms. The Balaban J connectivity index is 2.23. The van der Waals surface area contributed by atoms with E-state index in [1.54, 1.807) is 30.3 Å². The largest absolute Gasteiger partial charge is 0.507 e. The van der Waals surface area contributed by atoms with E-state index in [0.29, 0.717) is 11.1 Å². The van der Waals surface area contributed by atoms with Gasteiger partial charge in [0.05, 0.1) is 24.8 Å². The van der Waals surface area contributed by atoms with Crippen LogP contribution in [0.1, 0.15) is 17.2 Å². The first-order chi connectivity index (χ1) is 13.0. The number of amides is 1. The molecule has 0 radical (unpaired) electrons. The van der Waals surface area contributed by atoms with Crippen LogP contribution >= 0.6 is 0 Å². The molecule has 7 nitrogen and oxygen atoms in total. The van der Waals surface area contributed by atoms with Gasteiger partial charge in [0.2, 0.25) is 0 Å². The number of aliphatic hydroxyl groups excluding tert-OH is 1. The number of aromatic hydroxyl groups is 1. The molecule has 3 rings (SSSR count). The Hall–Kier alpha value is -3.79. The van der Waals surface area contributed by atoms with Crippen molar-refractivity contribution in [1.29, 1.82) is 5.26 Å². The van der Waals surface area contributed by atoms with Crippen molar-refractivity contribution >= 4 is 17.4 Å². The van der Waals surface area contributed by atoms with Crippen LogP contribution in [0.5, 0.6) is 11.5 Å². The summed E-state index contributed by atoms with van der Waals surface area (Å²) in [5, 5.41) is 29.6.